The van der Waals surface area contributed by atoms with Crippen molar-refractivity contribution >= 4 is 33.4 Å². The number of benzene rings is 2. The van der Waals surface area contributed by atoms with Crippen LogP contribution in [-0.4, -0.2) is 38.7 Å². The second-order valence-corrected chi connectivity index (χ2v) is 7.76. The maximum Gasteiger partial charge on any atom is 0.336 e. The SMILES string of the molecule is CN1c2cc(F)cc(C(=O)O)c2C(=O)C(c2ncnn2C)C1c1ccc(Br)cc1. The van der Waals surface area contributed by atoms with Crippen LogP contribution < -0.4 is 4.90 Å². The number of halogens is 2. The summed E-state index contributed by atoms with van der Waals surface area (Å²) in [5, 5.41) is 13.7. The van der Waals surface area contributed by atoms with Gasteiger partial charge in [0, 0.05) is 18.6 Å². The predicted molar refractivity (Wildman–Crippen MR) is 107 cm³/mol. The number of carbonyl (C=O) groups is 2. The van der Waals surface area contributed by atoms with E-state index in [4.69, 9.17) is 0 Å². The van der Waals surface area contributed by atoms with E-state index < -0.39 is 29.5 Å². The van der Waals surface area contributed by atoms with Crippen LogP contribution in [-0.2, 0) is 7.05 Å². The summed E-state index contributed by atoms with van der Waals surface area (Å²) in [4.78, 5) is 31.3. The summed E-state index contributed by atoms with van der Waals surface area (Å²) < 4.78 is 16.6. The smallest absolute Gasteiger partial charge is 0.336 e. The van der Waals surface area contributed by atoms with Crippen LogP contribution in [0.5, 0.6) is 0 Å². The molecule has 0 bridgehead atoms. The largest absolute Gasteiger partial charge is 0.478 e. The highest BCUT2D eigenvalue weighted by Crippen LogP contribution is 2.46. The van der Waals surface area contributed by atoms with Gasteiger partial charge in [-0.25, -0.2) is 14.2 Å². The fourth-order valence-corrected chi connectivity index (χ4v) is 4.16. The minimum absolute atomic E-state index is 0.0252. The summed E-state index contributed by atoms with van der Waals surface area (Å²) >= 11 is 3.40. The number of fused-ring (bicyclic) bond motifs is 1. The van der Waals surface area contributed by atoms with E-state index in [1.165, 1.54) is 17.1 Å². The lowest BCUT2D eigenvalue weighted by molar-refractivity contribution is 0.0689. The van der Waals surface area contributed by atoms with Gasteiger partial charge in [-0.2, -0.15) is 5.10 Å². The molecule has 1 aliphatic rings. The molecule has 0 saturated carbocycles. The molecule has 2 heterocycles. The maximum atomic E-state index is 14.2. The Morgan fingerprint density at radius 2 is 1.90 bits per heavy atom. The molecule has 1 aliphatic heterocycles. The Hall–Kier alpha value is -3.07. The number of aromatic carboxylic acids is 1. The number of hydrogen-bond donors (Lipinski definition) is 1. The van der Waals surface area contributed by atoms with Gasteiger partial charge in [0.15, 0.2) is 5.78 Å². The van der Waals surface area contributed by atoms with Gasteiger partial charge < -0.3 is 10.0 Å². The number of hydrogen-bond acceptors (Lipinski definition) is 5. The number of nitrogens with zero attached hydrogens (tertiary/aromatic N) is 4. The topological polar surface area (TPSA) is 88.3 Å². The average molecular weight is 459 g/mol. The molecule has 1 N–H and O–H groups in total. The first-order valence-corrected chi connectivity index (χ1v) is 9.52. The third-order valence-electron chi connectivity index (χ3n) is 5.19. The van der Waals surface area contributed by atoms with Crippen LogP contribution in [0.4, 0.5) is 10.1 Å². The third-order valence-corrected chi connectivity index (χ3v) is 5.72. The highest BCUT2D eigenvalue weighted by molar-refractivity contribution is 9.10. The van der Waals surface area contributed by atoms with Gasteiger partial charge in [-0.15, -0.1) is 0 Å². The minimum Gasteiger partial charge on any atom is -0.478 e. The molecular weight excluding hydrogens is 443 g/mol. The lowest BCUT2D eigenvalue weighted by Crippen LogP contribution is -2.41. The van der Waals surface area contributed by atoms with Gasteiger partial charge in [-0.05, 0) is 29.8 Å². The molecule has 2 aromatic carbocycles. The number of rotatable bonds is 3. The molecule has 2 unspecified atom stereocenters. The van der Waals surface area contributed by atoms with Gasteiger partial charge in [0.2, 0.25) is 0 Å². The maximum absolute atomic E-state index is 14.2. The fourth-order valence-electron chi connectivity index (χ4n) is 3.89. The van der Waals surface area contributed by atoms with Crippen molar-refractivity contribution in [1.29, 1.82) is 0 Å². The van der Waals surface area contributed by atoms with Gasteiger partial charge in [-0.1, -0.05) is 28.1 Å². The minimum atomic E-state index is -1.36. The number of likely N-dealkylation sites (N-methyl/N-ethyl adjacent to an activating group) is 1. The van der Waals surface area contributed by atoms with Crippen LogP contribution in [0.2, 0.25) is 0 Å². The molecule has 29 heavy (non-hydrogen) atoms. The second kappa shape index (κ2) is 7.07. The summed E-state index contributed by atoms with van der Waals surface area (Å²) in [5.74, 6) is -2.92. The standard InChI is InChI=1S/C20H16BrFN4O3/c1-25-14-8-12(22)7-13(20(28)29)15(14)18(27)16(19-23-9-24-26(19)2)17(25)10-3-5-11(21)6-4-10/h3-9,16-17H,1-2H3,(H,28,29). The summed E-state index contributed by atoms with van der Waals surface area (Å²) in [6, 6.07) is 8.98. The van der Waals surface area contributed by atoms with Crippen molar-refractivity contribution in [2.24, 2.45) is 7.05 Å². The number of carbonyl (C=O) groups excluding carboxylic acids is 1. The van der Waals surface area contributed by atoms with Crippen LogP contribution in [0, 0.1) is 5.82 Å². The van der Waals surface area contributed by atoms with Crippen molar-refractivity contribution < 1.29 is 19.1 Å². The monoisotopic (exact) mass is 458 g/mol. The Morgan fingerprint density at radius 3 is 2.48 bits per heavy atom. The molecule has 2 atom stereocenters. The first-order valence-electron chi connectivity index (χ1n) is 8.73. The zero-order valence-electron chi connectivity index (χ0n) is 15.5. The molecule has 0 aliphatic carbocycles. The van der Waals surface area contributed by atoms with Crippen LogP contribution in [0.25, 0.3) is 0 Å². The molecule has 4 rings (SSSR count). The van der Waals surface area contributed by atoms with Crippen molar-refractivity contribution in [3.63, 3.8) is 0 Å². The van der Waals surface area contributed by atoms with E-state index in [-0.39, 0.29) is 16.8 Å². The lowest BCUT2D eigenvalue weighted by atomic mass is 9.79. The van der Waals surface area contributed by atoms with E-state index in [1.807, 2.05) is 24.3 Å². The molecule has 7 nitrogen and oxygen atoms in total. The molecule has 9 heteroatoms. The highest BCUT2D eigenvalue weighted by atomic mass is 79.9. The van der Waals surface area contributed by atoms with E-state index in [2.05, 4.69) is 26.0 Å². The van der Waals surface area contributed by atoms with E-state index in [0.717, 1.165) is 16.1 Å². The Bertz CT molecular complexity index is 1130. The Balaban J connectivity index is 2.00. The highest BCUT2D eigenvalue weighted by Gasteiger charge is 2.45. The van der Waals surface area contributed by atoms with Gasteiger partial charge in [0.05, 0.1) is 22.9 Å². The number of ketones is 1. The van der Waals surface area contributed by atoms with Crippen LogP contribution in [0.3, 0.4) is 0 Å². The quantitative estimate of drug-likeness (QED) is 0.645. The molecule has 0 spiro atoms. The number of aryl methyl sites for hydroxylation is 1. The van der Waals surface area contributed by atoms with E-state index in [1.54, 1.807) is 19.0 Å². The summed E-state index contributed by atoms with van der Waals surface area (Å²) in [5.41, 5.74) is 0.656. The summed E-state index contributed by atoms with van der Waals surface area (Å²) in [6.07, 6.45) is 1.35. The van der Waals surface area contributed by atoms with Gasteiger partial charge in [0.25, 0.3) is 0 Å². The van der Waals surface area contributed by atoms with Gasteiger partial charge >= 0.3 is 5.97 Å². The van der Waals surface area contributed by atoms with Crippen LogP contribution in [0.1, 0.15) is 44.1 Å². The van der Waals surface area contributed by atoms with Gasteiger partial charge in [-0.3, -0.25) is 9.48 Å². The van der Waals surface area contributed by atoms with Crippen molar-refractivity contribution in [2.75, 3.05) is 11.9 Å². The third kappa shape index (κ3) is 3.11. The Labute approximate surface area is 173 Å². The molecule has 1 aromatic heterocycles. The van der Waals surface area contributed by atoms with Crippen molar-refractivity contribution in [3.8, 4) is 0 Å². The summed E-state index contributed by atoms with van der Waals surface area (Å²) in [6.45, 7) is 0. The summed E-state index contributed by atoms with van der Waals surface area (Å²) in [7, 11) is 3.39. The second-order valence-electron chi connectivity index (χ2n) is 6.84. The Kier molecular flexibility index (Phi) is 4.70. The molecular formula is C20H16BrFN4O3. The number of Topliss-reactive ketones (excluding diaryl/α,β-unsaturated/α-hetero) is 1. The Morgan fingerprint density at radius 1 is 1.21 bits per heavy atom. The molecule has 3 aromatic rings. The zero-order chi connectivity index (χ0) is 20.9. The average Bonchev–Trinajstić information content (AvgIpc) is 3.10. The van der Waals surface area contributed by atoms with Gasteiger partial charge in [0.1, 0.15) is 23.9 Å². The van der Waals surface area contributed by atoms with Crippen molar-refractivity contribution in [1.82, 2.24) is 14.8 Å². The molecule has 0 saturated heterocycles. The predicted octanol–water partition coefficient (Wildman–Crippen LogP) is 3.57. The molecule has 148 valence electrons. The van der Waals surface area contributed by atoms with E-state index in [0.29, 0.717) is 5.82 Å². The number of carboxylic acid groups (broad SMARTS) is 1. The van der Waals surface area contributed by atoms with E-state index in [9.17, 15) is 19.1 Å². The van der Waals surface area contributed by atoms with Crippen molar-refractivity contribution in [2.45, 2.75) is 12.0 Å². The molecule has 0 fully saturated rings. The lowest BCUT2D eigenvalue weighted by Gasteiger charge is -2.41. The van der Waals surface area contributed by atoms with E-state index >= 15 is 0 Å². The normalized spacial score (nSPS) is 18.6. The number of aromatic nitrogens is 3. The first-order chi connectivity index (χ1) is 13.8. The van der Waals surface area contributed by atoms with Crippen LogP contribution in [0.15, 0.2) is 47.2 Å². The number of anilines is 1. The molecule has 0 amide bonds. The van der Waals surface area contributed by atoms with Crippen LogP contribution >= 0.6 is 15.9 Å². The fraction of sp³-hybridized carbons (Fsp3) is 0.200. The first kappa shape index (κ1) is 19.3. The number of carboxylic acids is 1. The zero-order valence-corrected chi connectivity index (χ0v) is 17.1. The molecule has 0 radical (unpaired) electrons. The van der Waals surface area contributed by atoms with Crippen molar-refractivity contribution in [3.05, 3.63) is 75.5 Å².